The number of halogens is 1. The SMILES string of the molecule is C[C@@H](NCC1CCCN(C)C1)c1cccc(F)c1. The van der Waals surface area contributed by atoms with Crippen LogP contribution in [0.1, 0.15) is 31.4 Å². The Morgan fingerprint density at radius 1 is 1.50 bits per heavy atom. The lowest BCUT2D eigenvalue weighted by Gasteiger charge is -2.30. The lowest BCUT2D eigenvalue weighted by atomic mass is 9.97. The summed E-state index contributed by atoms with van der Waals surface area (Å²) in [6.07, 6.45) is 2.59. The van der Waals surface area contributed by atoms with Gasteiger partial charge in [-0.15, -0.1) is 0 Å². The van der Waals surface area contributed by atoms with Gasteiger partial charge in [-0.3, -0.25) is 0 Å². The molecule has 1 N–H and O–H groups in total. The number of hydrogen-bond donors (Lipinski definition) is 1. The normalized spacial score (nSPS) is 22.9. The van der Waals surface area contributed by atoms with Gasteiger partial charge in [0.25, 0.3) is 0 Å². The van der Waals surface area contributed by atoms with Crippen molar-refractivity contribution in [2.24, 2.45) is 5.92 Å². The monoisotopic (exact) mass is 250 g/mol. The van der Waals surface area contributed by atoms with E-state index in [0.717, 1.165) is 18.0 Å². The van der Waals surface area contributed by atoms with Gasteiger partial charge >= 0.3 is 0 Å². The molecule has 1 unspecified atom stereocenters. The molecule has 1 saturated heterocycles. The van der Waals surface area contributed by atoms with E-state index in [1.807, 2.05) is 6.07 Å². The summed E-state index contributed by atoms with van der Waals surface area (Å²) >= 11 is 0. The molecule has 0 amide bonds. The van der Waals surface area contributed by atoms with Gasteiger partial charge in [0.2, 0.25) is 0 Å². The van der Waals surface area contributed by atoms with Crippen molar-refractivity contribution >= 4 is 0 Å². The highest BCUT2D eigenvalue weighted by Crippen LogP contribution is 2.17. The molecule has 100 valence electrons. The third-order valence-electron chi connectivity index (χ3n) is 3.78. The Morgan fingerprint density at radius 3 is 3.06 bits per heavy atom. The molecule has 3 heteroatoms. The van der Waals surface area contributed by atoms with Gasteiger partial charge in [-0.2, -0.15) is 0 Å². The number of piperidine rings is 1. The first kappa shape index (κ1) is 13.5. The Kier molecular flexibility index (Phi) is 4.72. The Hall–Kier alpha value is -0.930. The van der Waals surface area contributed by atoms with E-state index in [9.17, 15) is 4.39 Å². The standard InChI is InChI=1S/C15H23FN2/c1-12(14-6-3-7-15(16)9-14)17-10-13-5-4-8-18(2)11-13/h3,6-7,9,12-13,17H,4-5,8,10-11H2,1-2H3/t12-,13?/m1/s1. The highest BCUT2D eigenvalue weighted by molar-refractivity contribution is 5.19. The van der Waals surface area contributed by atoms with Crippen molar-refractivity contribution in [2.45, 2.75) is 25.8 Å². The quantitative estimate of drug-likeness (QED) is 0.884. The van der Waals surface area contributed by atoms with Crippen LogP contribution in [0.5, 0.6) is 0 Å². The second-order valence-corrected chi connectivity index (χ2v) is 5.46. The summed E-state index contributed by atoms with van der Waals surface area (Å²) in [5.74, 6) is 0.568. The Balaban J connectivity index is 1.82. The molecule has 0 bridgehead atoms. The van der Waals surface area contributed by atoms with Crippen LogP contribution >= 0.6 is 0 Å². The van der Waals surface area contributed by atoms with Gasteiger partial charge in [0.15, 0.2) is 0 Å². The van der Waals surface area contributed by atoms with Crippen LogP contribution in [0.3, 0.4) is 0 Å². The zero-order valence-electron chi connectivity index (χ0n) is 11.3. The molecule has 1 aliphatic rings. The molecule has 0 spiro atoms. The molecule has 18 heavy (non-hydrogen) atoms. The van der Waals surface area contributed by atoms with Crippen molar-refractivity contribution in [3.63, 3.8) is 0 Å². The molecule has 2 atom stereocenters. The van der Waals surface area contributed by atoms with Crippen LogP contribution in [0.15, 0.2) is 24.3 Å². The maximum atomic E-state index is 13.1. The van der Waals surface area contributed by atoms with Gasteiger partial charge in [0, 0.05) is 12.6 Å². The largest absolute Gasteiger partial charge is 0.310 e. The van der Waals surface area contributed by atoms with Crippen molar-refractivity contribution < 1.29 is 4.39 Å². The first-order valence-electron chi connectivity index (χ1n) is 6.82. The summed E-state index contributed by atoms with van der Waals surface area (Å²) in [5, 5.41) is 3.52. The summed E-state index contributed by atoms with van der Waals surface area (Å²) in [7, 11) is 2.18. The molecule has 1 fully saturated rings. The number of nitrogens with zero attached hydrogens (tertiary/aromatic N) is 1. The van der Waals surface area contributed by atoms with Gasteiger partial charge in [0.1, 0.15) is 5.82 Å². The Morgan fingerprint density at radius 2 is 2.33 bits per heavy atom. The van der Waals surface area contributed by atoms with E-state index in [4.69, 9.17) is 0 Å². The molecule has 0 aliphatic carbocycles. The number of benzene rings is 1. The molecule has 0 saturated carbocycles. The van der Waals surface area contributed by atoms with Crippen LogP contribution < -0.4 is 5.32 Å². The Labute approximate surface area is 109 Å². The van der Waals surface area contributed by atoms with E-state index in [2.05, 4.69) is 24.2 Å². The molecule has 2 rings (SSSR count). The minimum Gasteiger partial charge on any atom is -0.310 e. The average Bonchev–Trinajstić information content (AvgIpc) is 2.36. The fraction of sp³-hybridized carbons (Fsp3) is 0.600. The number of nitrogens with one attached hydrogen (secondary N) is 1. The lowest BCUT2D eigenvalue weighted by Crippen LogP contribution is -2.37. The third-order valence-corrected chi connectivity index (χ3v) is 3.78. The van der Waals surface area contributed by atoms with Crippen LogP contribution in [-0.4, -0.2) is 31.6 Å². The fourth-order valence-corrected chi connectivity index (χ4v) is 2.68. The van der Waals surface area contributed by atoms with Crippen LogP contribution in [0.25, 0.3) is 0 Å². The third kappa shape index (κ3) is 3.79. The highest BCUT2D eigenvalue weighted by Gasteiger charge is 2.17. The summed E-state index contributed by atoms with van der Waals surface area (Å²) in [6, 6.07) is 7.08. The lowest BCUT2D eigenvalue weighted by molar-refractivity contribution is 0.203. The minimum absolute atomic E-state index is 0.154. The molecule has 0 aromatic heterocycles. The number of hydrogen-bond acceptors (Lipinski definition) is 2. The van der Waals surface area contributed by atoms with Crippen molar-refractivity contribution in [3.8, 4) is 0 Å². The van der Waals surface area contributed by atoms with Gasteiger partial charge in [0.05, 0.1) is 0 Å². The van der Waals surface area contributed by atoms with Crippen molar-refractivity contribution in [2.75, 3.05) is 26.7 Å². The fourth-order valence-electron chi connectivity index (χ4n) is 2.68. The van der Waals surface area contributed by atoms with Crippen LogP contribution in [0.4, 0.5) is 4.39 Å². The zero-order valence-corrected chi connectivity index (χ0v) is 11.3. The molecule has 1 aromatic carbocycles. The predicted octanol–water partition coefficient (Wildman–Crippen LogP) is 2.82. The molecular weight excluding hydrogens is 227 g/mol. The topological polar surface area (TPSA) is 15.3 Å². The van der Waals surface area contributed by atoms with Gasteiger partial charge < -0.3 is 10.2 Å². The first-order valence-corrected chi connectivity index (χ1v) is 6.82. The maximum absolute atomic E-state index is 13.1. The second kappa shape index (κ2) is 6.30. The summed E-state index contributed by atoms with van der Waals surface area (Å²) in [4.78, 5) is 2.39. The van der Waals surface area contributed by atoms with Gasteiger partial charge in [-0.05, 0) is 63.5 Å². The Bertz CT molecular complexity index is 381. The molecule has 0 radical (unpaired) electrons. The summed E-state index contributed by atoms with van der Waals surface area (Å²) < 4.78 is 13.1. The van der Waals surface area contributed by atoms with Crippen LogP contribution in [0.2, 0.25) is 0 Å². The van der Waals surface area contributed by atoms with E-state index in [0.29, 0.717) is 0 Å². The molecule has 1 heterocycles. The highest BCUT2D eigenvalue weighted by atomic mass is 19.1. The first-order chi connectivity index (χ1) is 8.65. The molecule has 2 nitrogen and oxygen atoms in total. The molecule has 1 aromatic rings. The van der Waals surface area contributed by atoms with E-state index < -0.39 is 0 Å². The van der Waals surface area contributed by atoms with E-state index in [1.54, 1.807) is 12.1 Å². The van der Waals surface area contributed by atoms with Gasteiger partial charge in [-0.1, -0.05) is 12.1 Å². The summed E-state index contributed by atoms with van der Waals surface area (Å²) in [5.41, 5.74) is 1.03. The van der Waals surface area contributed by atoms with Crippen molar-refractivity contribution in [3.05, 3.63) is 35.6 Å². The van der Waals surface area contributed by atoms with Crippen LogP contribution in [0, 0.1) is 11.7 Å². The van der Waals surface area contributed by atoms with Gasteiger partial charge in [-0.25, -0.2) is 4.39 Å². The van der Waals surface area contributed by atoms with Crippen molar-refractivity contribution in [1.29, 1.82) is 0 Å². The number of likely N-dealkylation sites (tertiary alicyclic amines) is 1. The molecular formula is C15H23FN2. The predicted molar refractivity (Wildman–Crippen MR) is 73.0 cm³/mol. The zero-order chi connectivity index (χ0) is 13.0. The summed E-state index contributed by atoms with van der Waals surface area (Å²) in [6.45, 7) is 5.50. The van der Waals surface area contributed by atoms with Crippen molar-refractivity contribution in [1.82, 2.24) is 10.2 Å². The van der Waals surface area contributed by atoms with E-state index >= 15 is 0 Å². The minimum atomic E-state index is -0.154. The van der Waals surface area contributed by atoms with E-state index in [-0.39, 0.29) is 11.9 Å². The maximum Gasteiger partial charge on any atom is 0.123 e. The second-order valence-electron chi connectivity index (χ2n) is 5.46. The van der Waals surface area contributed by atoms with Crippen LogP contribution in [-0.2, 0) is 0 Å². The average molecular weight is 250 g/mol. The molecule has 1 aliphatic heterocycles. The van der Waals surface area contributed by atoms with E-state index in [1.165, 1.54) is 32.0 Å². The smallest absolute Gasteiger partial charge is 0.123 e. The number of rotatable bonds is 4.